The number of esters is 1. The molecule has 0 aliphatic carbocycles. The Kier molecular flexibility index (Phi) is 4.39. The number of carbonyl (C=O) groups excluding carboxylic acids is 2. The zero-order valence-corrected chi connectivity index (χ0v) is 9.22. The van der Waals surface area contributed by atoms with E-state index in [1.165, 1.54) is 31.2 Å². The Morgan fingerprint density at radius 2 is 2.18 bits per heavy atom. The lowest BCUT2D eigenvalue weighted by Crippen LogP contribution is -2.29. The fourth-order valence-corrected chi connectivity index (χ4v) is 1.05. The van der Waals surface area contributed by atoms with Gasteiger partial charge in [0.2, 0.25) is 0 Å². The summed E-state index contributed by atoms with van der Waals surface area (Å²) in [5, 5.41) is 0. The molecule has 17 heavy (non-hydrogen) atoms. The number of halogens is 1. The van der Waals surface area contributed by atoms with Crippen LogP contribution in [-0.4, -0.2) is 18.0 Å². The number of hydrogen-bond donors (Lipinski definition) is 1. The van der Waals surface area contributed by atoms with Gasteiger partial charge in [-0.25, -0.2) is 9.18 Å². The first-order chi connectivity index (χ1) is 7.99. The van der Waals surface area contributed by atoms with E-state index in [1.807, 2.05) is 0 Å². The van der Waals surface area contributed by atoms with Crippen molar-refractivity contribution in [1.29, 1.82) is 0 Å². The molecule has 1 amide bonds. The van der Waals surface area contributed by atoms with Gasteiger partial charge in [0.15, 0.2) is 6.10 Å². The molecule has 1 atom stereocenters. The van der Waals surface area contributed by atoms with Crippen molar-refractivity contribution in [3.05, 3.63) is 41.7 Å². The van der Waals surface area contributed by atoms with E-state index >= 15 is 0 Å². The van der Waals surface area contributed by atoms with E-state index in [-0.39, 0.29) is 0 Å². The van der Waals surface area contributed by atoms with Crippen LogP contribution in [-0.2, 0) is 14.3 Å². The predicted molar refractivity (Wildman–Crippen MR) is 60.2 cm³/mol. The van der Waals surface area contributed by atoms with E-state index in [0.717, 1.165) is 6.08 Å². The summed E-state index contributed by atoms with van der Waals surface area (Å²) in [6.45, 7) is 1.37. The molecule has 0 unspecified atom stereocenters. The highest BCUT2D eigenvalue weighted by molar-refractivity contribution is 5.89. The molecule has 0 aliphatic heterocycles. The zero-order valence-electron chi connectivity index (χ0n) is 9.22. The van der Waals surface area contributed by atoms with Gasteiger partial charge in [0.1, 0.15) is 5.82 Å². The number of ether oxygens (including phenoxy) is 1. The van der Waals surface area contributed by atoms with Gasteiger partial charge in [0.25, 0.3) is 5.91 Å². The smallest absolute Gasteiger partial charge is 0.331 e. The Hall–Kier alpha value is -2.17. The molecular formula is C12H12FNO3. The molecule has 0 saturated carbocycles. The SMILES string of the molecule is C[C@H](OC(=O)/C=C/c1cccc(F)c1)C(N)=O. The van der Waals surface area contributed by atoms with Gasteiger partial charge in [0.05, 0.1) is 0 Å². The van der Waals surface area contributed by atoms with Crippen molar-refractivity contribution < 1.29 is 18.7 Å². The van der Waals surface area contributed by atoms with Crippen molar-refractivity contribution in [2.75, 3.05) is 0 Å². The highest BCUT2D eigenvalue weighted by atomic mass is 19.1. The monoisotopic (exact) mass is 237 g/mol. The lowest BCUT2D eigenvalue weighted by atomic mass is 10.2. The van der Waals surface area contributed by atoms with Gasteiger partial charge >= 0.3 is 5.97 Å². The van der Waals surface area contributed by atoms with Crippen LogP contribution >= 0.6 is 0 Å². The number of amides is 1. The molecule has 0 aliphatic rings. The maximum Gasteiger partial charge on any atom is 0.331 e. The number of hydrogen-bond acceptors (Lipinski definition) is 3. The molecular weight excluding hydrogens is 225 g/mol. The maximum absolute atomic E-state index is 12.8. The lowest BCUT2D eigenvalue weighted by molar-refractivity contribution is -0.148. The van der Waals surface area contributed by atoms with Crippen molar-refractivity contribution >= 4 is 18.0 Å². The van der Waals surface area contributed by atoms with Crippen LogP contribution in [0, 0.1) is 5.82 Å². The molecule has 2 N–H and O–H groups in total. The summed E-state index contributed by atoms with van der Waals surface area (Å²) in [6, 6.07) is 5.71. The largest absolute Gasteiger partial charge is 0.449 e. The van der Waals surface area contributed by atoms with E-state index in [9.17, 15) is 14.0 Å². The fraction of sp³-hybridized carbons (Fsp3) is 0.167. The van der Waals surface area contributed by atoms with Crippen LogP contribution in [0.15, 0.2) is 30.3 Å². The highest BCUT2D eigenvalue weighted by Gasteiger charge is 2.11. The summed E-state index contributed by atoms with van der Waals surface area (Å²) in [4.78, 5) is 21.8. The van der Waals surface area contributed by atoms with Crippen molar-refractivity contribution in [3.8, 4) is 0 Å². The topological polar surface area (TPSA) is 69.4 Å². The van der Waals surface area contributed by atoms with Crippen LogP contribution in [0.5, 0.6) is 0 Å². The average molecular weight is 237 g/mol. The first kappa shape index (κ1) is 12.9. The number of carbonyl (C=O) groups is 2. The minimum Gasteiger partial charge on any atom is -0.449 e. The number of nitrogens with two attached hydrogens (primary N) is 1. The van der Waals surface area contributed by atoms with Crippen molar-refractivity contribution in [1.82, 2.24) is 0 Å². The lowest BCUT2D eigenvalue weighted by Gasteiger charge is -2.06. The van der Waals surface area contributed by atoms with Gasteiger partial charge in [0, 0.05) is 6.08 Å². The fourth-order valence-electron chi connectivity index (χ4n) is 1.05. The second-order valence-electron chi connectivity index (χ2n) is 3.37. The van der Waals surface area contributed by atoms with Crippen LogP contribution in [0.2, 0.25) is 0 Å². The quantitative estimate of drug-likeness (QED) is 0.633. The van der Waals surface area contributed by atoms with Gasteiger partial charge in [-0.1, -0.05) is 12.1 Å². The molecule has 0 saturated heterocycles. The second kappa shape index (κ2) is 5.79. The first-order valence-electron chi connectivity index (χ1n) is 4.92. The summed E-state index contributed by atoms with van der Waals surface area (Å²) in [5.41, 5.74) is 5.44. The first-order valence-corrected chi connectivity index (χ1v) is 4.92. The van der Waals surface area contributed by atoms with E-state index in [4.69, 9.17) is 5.73 Å². The molecule has 0 spiro atoms. The minimum absolute atomic E-state index is 0.397. The third kappa shape index (κ3) is 4.46. The van der Waals surface area contributed by atoms with Crippen molar-refractivity contribution in [2.24, 2.45) is 5.73 Å². The molecule has 4 nitrogen and oxygen atoms in total. The third-order valence-electron chi connectivity index (χ3n) is 1.95. The number of benzene rings is 1. The Bertz CT molecular complexity index is 457. The van der Waals surface area contributed by atoms with Gasteiger partial charge in [-0.05, 0) is 30.7 Å². The summed E-state index contributed by atoms with van der Waals surface area (Å²) in [6.07, 6.45) is 1.51. The van der Waals surface area contributed by atoms with E-state index < -0.39 is 23.8 Å². The summed E-state index contributed by atoms with van der Waals surface area (Å²) >= 11 is 0. The molecule has 1 rings (SSSR count). The number of rotatable bonds is 4. The maximum atomic E-state index is 12.8. The van der Waals surface area contributed by atoms with Crippen molar-refractivity contribution in [3.63, 3.8) is 0 Å². The summed E-state index contributed by atoms with van der Waals surface area (Å²) < 4.78 is 17.5. The molecule has 0 heterocycles. The van der Waals surface area contributed by atoms with Gasteiger partial charge in [-0.15, -0.1) is 0 Å². The Balaban J connectivity index is 2.59. The minimum atomic E-state index is -0.986. The van der Waals surface area contributed by atoms with Crippen LogP contribution < -0.4 is 5.73 Å². The van der Waals surface area contributed by atoms with Crippen LogP contribution in [0.4, 0.5) is 4.39 Å². The molecule has 90 valence electrons. The normalized spacial score (nSPS) is 12.4. The standard InChI is InChI=1S/C12H12FNO3/c1-8(12(14)16)17-11(15)6-5-9-3-2-4-10(13)7-9/h2-8H,1H3,(H2,14,16)/b6-5+/t8-/m0/s1. The Morgan fingerprint density at radius 1 is 1.47 bits per heavy atom. The Labute approximate surface area is 97.9 Å². The molecule has 0 fully saturated rings. The van der Waals surface area contributed by atoms with E-state index in [2.05, 4.69) is 4.74 Å². The van der Waals surface area contributed by atoms with Gasteiger partial charge in [-0.2, -0.15) is 0 Å². The van der Waals surface area contributed by atoms with Crippen LogP contribution in [0.25, 0.3) is 6.08 Å². The molecule has 0 bridgehead atoms. The molecule has 1 aromatic carbocycles. The molecule has 0 aromatic heterocycles. The average Bonchev–Trinajstić information content (AvgIpc) is 2.26. The van der Waals surface area contributed by atoms with Gasteiger partial charge < -0.3 is 10.5 Å². The zero-order chi connectivity index (χ0) is 12.8. The van der Waals surface area contributed by atoms with E-state index in [0.29, 0.717) is 5.56 Å². The predicted octanol–water partition coefficient (Wildman–Crippen LogP) is 1.26. The number of primary amides is 1. The molecule has 5 heteroatoms. The van der Waals surface area contributed by atoms with E-state index in [1.54, 1.807) is 6.07 Å². The molecule has 1 aromatic rings. The van der Waals surface area contributed by atoms with Crippen LogP contribution in [0.3, 0.4) is 0 Å². The summed E-state index contributed by atoms with van der Waals surface area (Å²) in [5.74, 6) is -1.83. The molecule has 0 radical (unpaired) electrons. The van der Waals surface area contributed by atoms with Crippen LogP contribution in [0.1, 0.15) is 12.5 Å². The highest BCUT2D eigenvalue weighted by Crippen LogP contribution is 2.05. The third-order valence-corrected chi connectivity index (χ3v) is 1.95. The van der Waals surface area contributed by atoms with Crippen molar-refractivity contribution in [2.45, 2.75) is 13.0 Å². The second-order valence-corrected chi connectivity index (χ2v) is 3.37. The Morgan fingerprint density at radius 3 is 2.76 bits per heavy atom. The summed E-state index contributed by atoms with van der Waals surface area (Å²) in [7, 11) is 0. The van der Waals surface area contributed by atoms with Gasteiger partial charge in [-0.3, -0.25) is 4.79 Å².